The van der Waals surface area contributed by atoms with Crippen LogP contribution in [-0.4, -0.2) is 40.0 Å². The molecule has 2 heterocycles. The molecule has 1 saturated heterocycles. The number of rotatable bonds is 2. The van der Waals surface area contributed by atoms with Crippen LogP contribution in [0.3, 0.4) is 0 Å². The first-order chi connectivity index (χ1) is 8.47. The molecule has 1 aromatic rings. The zero-order chi connectivity index (χ0) is 13.2. The van der Waals surface area contributed by atoms with Crippen molar-refractivity contribution in [2.45, 2.75) is 33.3 Å². The standard InChI is InChI=1S/C13H19N3O2/c1-13(2,3)12(17)16-7-4-10(9-16)18-11-8-14-5-6-15-11/h5-6,8,10H,4,7,9H2,1-3H3. The highest BCUT2D eigenvalue weighted by atomic mass is 16.5. The molecule has 0 saturated carbocycles. The Kier molecular flexibility index (Phi) is 3.50. The van der Waals surface area contributed by atoms with Crippen molar-refractivity contribution in [1.29, 1.82) is 0 Å². The third-order valence-corrected chi connectivity index (χ3v) is 2.90. The van der Waals surface area contributed by atoms with Crippen LogP contribution in [0.2, 0.25) is 0 Å². The minimum atomic E-state index is -0.332. The maximum absolute atomic E-state index is 12.1. The van der Waals surface area contributed by atoms with E-state index >= 15 is 0 Å². The number of amides is 1. The molecule has 18 heavy (non-hydrogen) atoms. The molecule has 1 atom stereocenters. The third-order valence-electron chi connectivity index (χ3n) is 2.90. The molecule has 98 valence electrons. The first-order valence-electron chi connectivity index (χ1n) is 6.19. The Morgan fingerprint density at radius 1 is 1.44 bits per heavy atom. The summed E-state index contributed by atoms with van der Waals surface area (Å²) in [6, 6.07) is 0. The maximum Gasteiger partial charge on any atom is 0.232 e. The quantitative estimate of drug-likeness (QED) is 0.797. The van der Waals surface area contributed by atoms with Gasteiger partial charge in [0.25, 0.3) is 0 Å². The molecule has 5 heteroatoms. The summed E-state index contributed by atoms with van der Waals surface area (Å²) < 4.78 is 5.70. The first-order valence-corrected chi connectivity index (χ1v) is 6.19. The van der Waals surface area contributed by atoms with Crippen LogP contribution in [0.25, 0.3) is 0 Å². The highest BCUT2D eigenvalue weighted by molar-refractivity contribution is 5.81. The van der Waals surface area contributed by atoms with Crippen LogP contribution in [-0.2, 0) is 4.79 Å². The number of hydrogen-bond acceptors (Lipinski definition) is 4. The summed E-state index contributed by atoms with van der Waals surface area (Å²) in [6.45, 7) is 7.19. The van der Waals surface area contributed by atoms with Crippen LogP contribution in [0.1, 0.15) is 27.2 Å². The molecular weight excluding hydrogens is 230 g/mol. The van der Waals surface area contributed by atoms with Gasteiger partial charge < -0.3 is 9.64 Å². The van der Waals surface area contributed by atoms with E-state index in [2.05, 4.69) is 9.97 Å². The topological polar surface area (TPSA) is 55.3 Å². The fourth-order valence-electron chi connectivity index (χ4n) is 2.00. The van der Waals surface area contributed by atoms with E-state index < -0.39 is 0 Å². The van der Waals surface area contributed by atoms with Crippen LogP contribution in [0.5, 0.6) is 5.88 Å². The minimum absolute atomic E-state index is 0.0213. The molecular formula is C13H19N3O2. The lowest BCUT2D eigenvalue weighted by Gasteiger charge is -2.25. The van der Waals surface area contributed by atoms with Gasteiger partial charge in [0.05, 0.1) is 12.7 Å². The minimum Gasteiger partial charge on any atom is -0.471 e. The van der Waals surface area contributed by atoms with Gasteiger partial charge in [0.1, 0.15) is 6.10 Å². The fourth-order valence-corrected chi connectivity index (χ4v) is 2.00. The van der Waals surface area contributed by atoms with Crippen molar-refractivity contribution in [1.82, 2.24) is 14.9 Å². The molecule has 5 nitrogen and oxygen atoms in total. The lowest BCUT2D eigenvalue weighted by atomic mass is 9.95. The Morgan fingerprint density at radius 2 is 2.22 bits per heavy atom. The smallest absolute Gasteiger partial charge is 0.232 e. The van der Waals surface area contributed by atoms with E-state index in [1.807, 2.05) is 25.7 Å². The Labute approximate surface area is 107 Å². The largest absolute Gasteiger partial charge is 0.471 e. The summed E-state index contributed by atoms with van der Waals surface area (Å²) in [5.74, 6) is 0.695. The van der Waals surface area contributed by atoms with Crippen molar-refractivity contribution in [3.8, 4) is 5.88 Å². The van der Waals surface area contributed by atoms with Crippen LogP contribution in [0.15, 0.2) is 18.6 Å². The van der Waals surface area contributed by atoms with Gasteiger partial charge in [0.15, 0.2) is 0 Å². The van der Waals surface area contributed by atoms with Crippen LogP contribution in [0, 0.1) is 5.41 Å². The molecule has 1 aliphatic rings. The molecule has 0 spiro atoms. The normalized spacial score (nSPS) is 19.9. The van der Waals surface area contributed by atoms with Crippen molar-refractivity contribution in [3.05, 3.63) is 18.6 Å². The Balaban J connectivity index is 1.91. The number of carbonyl (C=O) groups is 1. The van der Waals surface area contributed by atoms with Gasteiger partial charge in [-0.3, -0.25) is 9.78 Å². The number of nitrogens with zero attached hydrogens (tertiary/aromatic N) is 3. The molecule has 0 N–H and O–H groups in total. The van der Waals surface area contributed by atoms with Crippen LogP contribution < -0.4 is 4.74 Å². The summed E-state index contributed by atoms with van der Waals surface area (Å²) in [6.07, 6.45) is 5.67. The lowest BCUT2D eigenvalue weighted by molar-refractivity contribution is -0.138. The third kappa shape index (κ3) is 2.97. The number of ether oxygens (including phenoxy) is 1. The van der Waals surface area contributed by atoms with Gasteiger partial charge >= 0.3 is 0 Å². The zero-order valence-corrected chi connectivity index (χ0v) is 11.1. The summed E-state index contributed by atoms with van der Waals surface area (Å²) in [4.78, 5) is 22.0. The molecule has 0 aliphatic carbocycles. The molecule has 1 fully saturated rings. The van der Waals surface area contributed by atoms with Gasteiger partial charge in [-0.2, -0.15) is 0 Å². The predicted octanol–water partition coefficient (Wildman–Crippen LogP) is 1.50. The average Bonchev–Trinajstić information content (AvgIpc) is 2.76. The second-order valence-corrected chi connectivity index (χ2v) is 5.57. The summed E-state index contributed by atoms with van der Waals surface area (Å²) >= 11 is 0. The molecule has 2 rings (SSSR count). The SMILES string of the molecule is CC(C)(C)C(=O)N1CCC(Oc2cnccn2)C1. The van der Waals surface area contributed by atoms with Crippen molar-refractivity contribution >= 4 is 5.91 Å². The summed E-state index contributed by atoms with van der Waals surface area (Å²) in [5, 5.41) is 0. The molecule has 0 aromatic carbocycles. The summed E-state index contributed by atoms with van der Waals surface area (Å²) in [7, 11) is 0. The van der Waals surface area contributed by atoms with E-state index in [9.17, 15) is 4.79 Å². The van der Waals surface area contributed by atoms with Gasteiger partial charge in [0.2, 0.25) is 11.8 Å². The molecule has 1 unspecified atom stereocenters. The van der Waals surface area contributed by atoms with Gasteiger partial charge in [-0.15, -0.1) is 0 Å². The van der Waals surface area contributed by atoms with Crippen molar-refractivity contribution in [3.63, 3.8) is 0 Å². The Hall–Kier alpha value is -1.65. The maximum atomic E-state index is 12.1. The predicted molar refractivity (Wildman–Crippen MR) is 67.1 cm³/mol. The highest BCUT2D eigenvalue weighted by Crippen LogP contribution is 2.22. The lowest BCUT2D eigenvalue weighted by Crippen LogP contribution is -2.38. The first kappa shape index (κ1) is 12.8. The van der Waals surface area contributed by atoms with E-state index in [4.69, 9.17) is 4.74 Å². The Bertz CT molecular complexity index is 414. The van der Waals surface area contributed by atoms with Crippen LogP contribution in [0.4, 0.5) is 0 Å². The van der Waals surface area contributed by atoms with E-state index in [1.165, 1.54) is 0 Å². The fraction of sp³-hybridized carbons (Fsp3) is 0.615. The van der Waals surface area contributed by atoms with Crippen molar-refractivity contribution in [2.75, 3.05) is 13.1 Å². The second-order valence-electron chi connectivity index (χ2n) is 5.57. The van der Waals surface area contributed by atoms with E-state index in [0.717, 1.165) is 13.0 Å². The average molecular weight is 249 g/mol. The number of likely N-dealkylation sites (tertiary alicyclic amines) is 1. The second kappa shape index (κ2) is 4.92. The van der Waals surface area contributed by atoms with E-state index in [1.54, 1.807) is 18.6 Å². The Morgan fingerprint density at radius 3 is 2.83 bits per heavy atom. The molecule has 1 amide bonds. The van der Waals surface area contributed by atoms with Gasteiger partial charge in [-0.25, -0.2) is 4.98 Å². The number of aromatic nitrogens is 2. The number of carbonyl (C=O) groups excluding carboxylic acids is 1. The van der Waals surface area contributed by atoms with E-state index in [-0.39, 0.29) is 17.4 Å². The molecule has 0 radical (unpaired) electrons. The molecule has 0 bridgehead atoms. The molecule has 1 aliphatic heterocycles. The van der Waals surface area contributed by atoms with Crippen LogP contribution >= 0.6 is 0 Å². The number of hydrogen-bond donors (Lipinski definition) is 0. The monoisotopic (exact) mass is 249 g/mol. The zero-order valence-electron chi connectivity index (χ0n) is 11.1. The summed E-state index contributed by atoms with van der Waals surface area (Å²) in [5.41, 5.74) is -0.332. The van der Waals surface area contributed by atoms with Gasteiger partial charge in [-0.1, -0.05) is 20.8 Å². The van der Waals surface area contributed by atoms with E-state index in [0.29, 0.717) is 12.4 Å². The van der Waals surface area contributed by atoms with Gasteiger partial charge in [-0.05, 0) is 0 Å². The molecule has 1 aromatic heterocycles. The van der Waals surface area contributed by atoms with Gasteiger partial charge in [0, 0.05) is 30.8 Å². The van der Waals surface area contributed by atoms with Crippen molar-refractivity contribution in [2.24, 2.45) is 5.41 Å². The van der Waals surface area contributed by atoms with Crippen molar-refractivity contribution < 1.29 is 9.53 Å². The highest BCUT2D eigenvalue weighted by Gasteiger charge is 2.33.